The second-order valence-electron chi connectivity index (χ2n) is 4.77. The van der Waals surface area contributed by atoms with Crippen LogP contribution in [0.5, 0.6) is 5.75 Å². The molecule has 0 aliphatic carbocycles. The largest absolute Gasteiger partial charge is 0.502 e. The van der Waals surface area contributed by atoms with Gasteiger partial charge in [-0.2, -0.15) is 5.10 Å². The van der Waals surface area contributed by atoms with Gasteiger partial charge in [-0.25, -0.2) is 5.43 Å². The number of nitrogens with zero attached hydrogens (tertiary/aromatic N) is 2. The summed E-state index contributed by atoms with van der Waals surface area (Å²) in [5.41, 5.74) is 2.51. The summed E-state index contributed by atoms with van der Waals surface area (Å²) >= 11 is 7.94. The maximum Gasteiger partial charge on any atom is 0.312 e. The monoisotopic (exact) mass is 474 g/mol. The first kappa shape index (κ1) is 18.9. The lowest BCUT2D eigenvalue weighted by molar-refractivity contribution is -0.385. The molecule has 0 bridgehead atoms. The maximum absolute atomic E-state index is 11.7. The Bertz CT molecular complexity index is 827. The van der Waals surface area contributed by atoms with E-state index in [1.54, 1.807) is 0 Å². The highest BCUT2D eigenvalue weighted by Gasteiger charge is 2.17. The van der Waals surface area contributed by atoms with Crippen LogP contribution in [0.3, 0.4) is 0 Å². The SMILES string of the molecule is O=C(CNc1ccc(I)cc1)N/N=C/c1cc(Cl)cc([N+](=O)[O-])c1O. The second kappa shape index (κ2) is 8.62. The van der Waals surface area contributed by atoms with Crippen molar-refractivity contribution in [1.29, 1.82) is 0 Å². The normalized spacial score (nSPS) is 10.6. The van der Waals surface area contributed by atoms with Gasteiger partial charge in [0, 0.05) is 25.9 Å². The van der Waals surface area contributed by atoms with Gasteiger partial charge in [-0.05, 0) is 52.9 Å². The van der Waals surface area contributed by atoms with E-state index in [1.165, 1.54) is 6.07 Å². The number of rotatable bonds is 6. The summed E-state index contributed by atoms with van der Waals surface area (Å²) in [6, 6.07) is 9.78. The minimum atomic E-state index is -0.762. The van der Waals surface area contributed by atoms with Crippen molar-refractivity contribution in [3.8, 4) is 5.75 Å². The number of carbonyl (C=O) groups excluding carboxylic acids is 1. The first-order valence-electron chi connectivity index (χ1n) is 6.85. The predicted molar refractivity (Wildman–Crippen MR) is 103 cm³/mol. The first-order chi connectivity index (χ1) is 11.9. The number of aromatic hydroxyl groups is 1. The molecule has 2 aromatic carbocycles. The summed E-state index contributed by atoms with van der Waals surface area (Å²) in [6.45, 7) is -0.0143. The van der Waals surface area contributed by atoms with Gasteiger partial charge in [0.25, 0.3) is 5.91 Å². The smallest absolute Gasteiger partial charge is 0.312 e. The minimum absolute atomic E-state index is 0.0143. The molecule has 130 valence electrons. The van der Waals surface area contributed by atoms with Crippen LogP contribution in [0.4, 0.5) is 11.4 Å². The van der Waals surface area contributed by atoms with Crippen molar-refractivity contribution in [2.24, 2.45) is 5.10 Å². The van der Waals surface area contributed by atoms with Crippen LogP contribution in [0.2, 0.25) is 5.02 Å². The molecule has 0 heterocycles. The lowest BCUT2D eigenvalue weighted by atomic mass is 10.2. The van der Waals surface area contributed by atoms with Gasteiger partial charge >= 0.3 is 5.69 Å². The van der Waals surface area contributed by atoms with Crippen molar-refractivity contribution < 1.29 is 14.8 Å². The van der Waals surface area contributed by atoms with Crippen molar-refractivity contribution in [2.45, 2.75) is 0 Å². The quantitative estimate of drug-likeness (QED) is 0.257. The lowest BCUT2D eigenvalue weighted by Crippen LogP contribution is -2.25. The van der Waals surface area contributed by atoms with Crippen molar-refractivity contribution in [3.05, 3.63) is 60.7 Å². The zero-order valence-electron chi connectivity index (χ0n) is 12.6. The van der Waals surface area contributed by atoms with Gasteiger partial charge in [-0.3, -0.25) is 14.9 Å². The number of nitrogens with one attached hydrogen (secondary N) is 2. The van der Waals surface area contributed by atoms with E-state index in [4.69, 9.17) is 11.6 Å². The summed E-state index contributed by atoms with van der Waals surface area (Å²) in [5, 5.41) is 27.3. The van der Waals surface area contributed by atoms with E-state index in [1.807, 2.05) is 24.3 Å². The Morgan fingerprint density at radius 2 is 2.04 bits per heavy atom. The number of hydrogen-bond donors (Lipinski definition) is 3. The molecular weight excluding hydrogens is 463 g/mol. The van der Waals surface area contributed by atoms with E-state index in [-0.39, 0.29) is 17.1 Å². The zero-order valence-corrected chi connectivity index (χ0v) is 15.5. The number of benzene rings is 2. The van der Waals surface area contributed by atoms with Gasteiger partial charge in [0.15, 0.2) is 0 Å². The van der Waals surface area contributed by atoms with Crippen molar-refractivity contribution in [3.63, 3.8) is 0 Å². The number of phenols is 1. The highest BCUT2D eigenvalue weighted by molar-refractivity contribution is 14.1. The van der Waals surface area contributed by atoms with Crippen LogP contribution in [0, 0.1) is 13.7 Å². The highest BCUT2D eigenvalue weighted by atomic mass is 127. The number of nitro groups is 1. The third-order valence-electron chi connectivity index (χ3n) is 2.97. The maximum atomic E-state index is 11.7. The van der Waals surface area contributed by atoms with Crippen LogP contribution in [0.1, 0.15) is 5.56 Å². The molecule has 0 fully saturated rings. The van der Waals surface area contributed by atoms with Crippen molar-refractivity contribution in [2.75, 3.05) is 11.9 Å². The van der Waals surface area contributed by atoms with Gasteiger partial charge < -0.3 is 10.4 Å². The molecule has 0 aliphatic rings. The molecule has 25 heavy (non-hydrogen) atoms. The molecule has 0 saturated carbocycles. The number of carbonyl (C=O) groups is 1. The Labute approximate surface area is 161 Å². The number of hydrazone groups is 1. The summed E-state index contributed by atoms with van der Waals surface area (Å²) in [6.07, 6.45) is 1.08. The molecule has 2 rings (SSSR count). The molecule has 8 nitrogen and oxygen atoms in total. The van der Waals surface area contributed by atoms with Gasteiger partial charge in [0.2, 0.25) is 5.75 Å². The predicted octanol–water partition coefficient (Wildman–Crippen LogP) is 3.12. The second-order valence-corrected chi connectivity index (χ2v) is 6.46. The molecule has 0 saturated heterocycles. The molecule has 0 atom stereocenters. The standard InChI is InChI=1S/C15H12ClIN4O4/c16-10-5-9(15(23)13(6-10)21(24)25)7-19-20-14(22)8-18-12-3-1-11(17)2-4-12/h1-7,18,23H,8H2,(H,20,22)/b19-7+. The van der Waals surface area contributed by atoms with Crippen LogP contribution in [0.25, 0.3) is 0 Å². The third kappa shape index (κ3) is 5.57. The van der Waals surface area contributed by atoms with E-state index in [0.29, 0.717) is 0 Å². The van der Waals surface area contributed by atoms with Crippen LogP contribution in [-0.2, 0) is 4.79 Å². The number of amides is 1. The molecule has 10 heteroatoms. The summed E-state index contributed by atoms with van der Waals surface area (Å²) in [4.78, 5) is 21.8. The molecule has 0 aromatic heterocycles. The van der Waals surface area contributed by atoms with Crippen molar-refractivity contribution >= 4 is 57.7 Å². The number of halogens is 2. The van der Waals surface area contributed by atoms with Gasteiger partial charge in [-0.15, -0.1) is 0 Å². The Morgan fingerprint density at radius 3 is 2.68 bits per heavy atom. The number of phenolic OH excluding ortho intramolecular Hbond substituents is 1. The topological polar surface area (TPSA) is 117 Å². The summed E-state index contributed by atoms with van der Waals surface area (Å²) in [7, 11) is 0. The van der Waals surface area contributed by atoms with Crippen LogP contribution in [0.15, 0.2) is 41.5 Å². The van der Waals surface area contributed by atoms with E-state index in [2.05, 4.69) is 38.4 Å². The van der Waals surface area contributed by atoms with Gasteiger partial charge in [-0.1, -0.05) is 11.6 Å². The molecule has 0 aliphatic heterocycles. The molecule has 1 amide bonds. The highest BCUT2D eigenvalue weighted by Crippen LogP contribution is 2.32. The van der Waals surface area contributed by atoms with E-state index >= 15 is 0 Å². The third-order valence-corrected chi connectivity index (χ3v) is 3.91. The summed E-state index contributed by atoms with van der Waals surface area (Å²) < 4.78 is 1.08. The first-order valence-corrected chi connectivity index (χ1v) is 8.30. The Balaban J connectivity index is 1.95. The number of hydrogen-bond acceptors (Lipinski definition) is 6. The average molecular weight is 475 g/mol. The molecule has 0 radical (unpaired) electrons. The Hall–Kier alpha value is -2.40. The van der Waals surface area contributed by atoms with E-state index in [0.717, 1.165) is 21.5 Å². The molecule has 3 N–H and O–H groups in total. The van der Waals surface area contributed by atoms with Gasteiger partial charge in [0.05, 0.1) is 17.7 Å². The van der Waals surface area contributed by atoms with Crippen LogP contribution in [-0.4, -0.2) is 28.7 Å². The van der Waals surface area contributed by atoms with E-state index < -0.39 is 22.3 Å². The Morgan fingerprint density at radius 1 is 1.36 bits per heavy atom. The fraction of sp³-hybridized carbons (Fsp3) is 0.0667. The van der Waals surface area contributed by atoms with Crippen LogP contribution < -0.4 is 10.7 Å². The molecule has 0 unspecified atom stereocenters. The van der Waals surface area contributed by atoms with Gasteiger partial charge in [0.1, 0.15) is 0 Å². The number of nitro benzene ring substituents is 1. The van der Waals surface area contributed by atoms with Crippen LogP contribution >= 0.6 is 34.2 Å². The zero-order chi connectivity index (χ0) is 18.4. The molecule has 2 aromatic rings. The lowest BCUT2D eigenvalue weighted by Gasteiger charge is -2.05. The molecular formula is C15H12ClIN4O4. The van der Waals surface area contributed by atoms with Crippen molar-refractivity contribution in [1.82, 2.24) is 5.43 Å². The fourth-order valence-electron chi connectivity index (χ4n) is 1.81. The summed E-state index contributed by atoms with van der Waals surface area (Å²) in [5.74, 6) is -1.00. The minimum Gasteiger partial charge on any atom is -0.502 e. The fourth-order valence-corrected chi connectivity index (χ4v) is 2.39. The average Bonchev–Trinajstić information content (AvgIpc) is 2.57. The molecule has 0 spiro atoms. The Kier molecular flexibility index (Phi) is 6.53. The van der Waals surface area contributed by atoms with E-state index in [9.17, 15) is 20.0 Å². The number of anilines is 1.